The zero-order valence-electron chi connectivity index (χ0n) is 8.48. The number of hydrogen-bond acceptors (Lipinski definition) is 4. The number of nitrogens with one attached hydrogen (secondary N) is 1. The molecular weight excluding hydrogens is 292 g/mol. The van der Waals surface area contributed by atoms with Gasteiger partial charge in [0.05, 0.1) is 5.69 Å². The predicted octanol–water partition coefficient (Wildman–Crippen LogP) is 1.57. The molecule has 0 fully saturated rings. The normalized spacial score (nSPS) is 10.6. The molecular formula is C9H9BrN4OS. The van der Waals surface area contributed by atoms with Crippen molar-refractivity contribution in [3.05, 3.63) is 34.2 Å². The van der Waals surface area contributed by atoms with Crippen LogP contribution in [0.15, 0.2) is 27.9 Å². The van der Waals surface area contributed by atoms with Crippen LogP contribution in [0.4, 0.5) is 0 Å². The molecule has 0 spiro atoms. The third-order valence-corrected chi connectivity index (χ3v) is 3.55. The number of thioether (sulfide) groups is 1. The minimum Gasteiger partial charge on any atom is -0.244 e. The number of rotatable bonds is 3. The second-order valence-corrected chi connectivity index (χ2v) is 4.42. The van der Waals surface area contributed by atoms with Gasteiger partial charge in [-0.25, -0.2) is 9.89 Å². The molecule has 1 heterocycles. The predicted molar refractivity (Wildman–Crippen MR) is 66.4 cm³/mol. The Hall–Kier alpha value is -1.08. The van der Waals surface area contributed by atoms with Crippen molar-refractivity contribution in [2.24, 2.45) is 0 Å². The van der Waals surface area contributed by atoms with Crippen LogP contribution in [-0.2, 0) is 5.33 Å². The van der Waals surface area contributed by atoms with Crippen molar-refractivity contribution in [3.63, 3.8) is 0 Å². The van der Waals surface area contributed by atoms with Crippen molar-refractivity contribution in [1.29, 1.82) is 0 Å². The second kappa shape index (κ2) is 4.84. The van der Waals surface area contributed by atoms with Gasteiger partial charge >= 0.3 is 5.69 Å². The summed E-state index contributed by atoms with van der Waals surface area (Å²) in [6, 6.07) is 5.75. The summed E-state index contributed by atoms with van der Waals surface area (Å²) < 4.78 is 1.26. The molecule has 5 nitrogen and oxygen atoms in total. The Morgan fingerprint density at radius 2 is 2.38 bits per heavy atom. The molecule has 0 bridgehead atoms. The summed E-state index contributed by atoms with van der Waals surface area (Å²) in [5, 5.41) is 10.2. The van der Waals surface area contributed by atoms with E-state index in [0.717, 1.165) is 16.1 Å². The van der Waals surface area contributed by atoms with Crippen LogP contribution < -0.4 is 5.69 Å². The average molecular weight is 301 g/mol. The molecule has 84 valence electrons. The largest absolute Gasteiger partial charge is 0.365 e. The molecule has 1 aromatic heterocycles. The van der Waals surface area contributed by atoms with Crippen molar-refractivity contribution in [2.45, 2.75) is 10.2 Å². The Labute approximate surface area is 104 Å². The minimum absolute atomic E-state index is 0.333. The highest BCUT2D eigenvalue weighted by Gasteiger charge is 2.11. The van der Waals surface area contributed by atoms with Crippen LogP contribution in [0.2, 0.25) is 0 Å². The molecule has 2 aromatic rings. The topological polar surface area (TPSA) is 63.6 Å². The molecule has 0 unspecified atom stereocenters. The molecule has 0 atom stereocenters. The molecule has 0 saturated heterocycles. The number of benzene rings is 1. The first kappa shape index (κ1) is 11.4. The molecule has 0 radical (unpaired) electrons. The van der Waals surface area contributed by atoms with Gasteiger partial charge in [-0.15, -0.1) is 11.8 Å². The number of tetrazole rings is 1. The zero-order valence-corrected chi connectivity index (χ0v) is 10.9. The highest BCUT2D eigenvalue weighted by molar-refractivity contribution is 9.08. The maximum Gasteiger partial charge on any atom is 0.365 e. The Kier molecular flexibility index (Phi) is 3.45. The molecule has 1 aromatic carbocycles. The van der Waals surface area contributed by atoms with E-state index in [4.69, 9.17) is 0 Å². The van der Waals surface area contributed by atoms with E-state index < -0.39 is 0 Å². The highest BCUT2D eigenvalue weighted by atomic mass is 79.9. The van der Waals surface area contributed by atoms with E-state index in [1.165, 1.54) is 4.68 Å². The lowest BCUT2D eigenvalue weighted by molar-refractivity contribution is 0.772. The van der Waals surface area contributed by atoms with Crippen LogP contribution in [0, 0.1) is 0 Å². The van der Waals surface area contributed by atoms with Gasteiger partial charge in [0.2, 0.25) is 0 Å². The van der Waals surface area contributed by atoms with Crippen LogP contribution in [0.25, 0.3) is 5.69 Å². The minimum atomic E-state index is -0.333. The first-order chi connectivity index (χ1) is 7.77. The molecule has 7 heteroatoms. The van der Waals surface area contributed by atoms with E-state index in [1.807, 2.05) is 24.5 Å². The summed E-state index contributed by atoms with van der Waals surface area (Å²) in [6.07, 6.45) is 2.00. The first-order valence-corrected chi connectivity index (χ1v) is 6.85. The van der Waals surface area contributed by atoms with Gasteiger partial charge in [-0.2, -0.15) is 4.68 Å². The van der Waals surface area contributed by atoms with E-state index in [1.54, 1.807) is 11.8 Å². The van der Waals surface area contributed by atoms with E-state index in [0.29, 0.717) is 5.33 Å². The molecule has 0 aliphatic heterocycles. The Morgan fingerprint density at radius 1 is 1.56 bits per heavy atom. The van der Waals surface area contributed by atoms with E-state index in [9.17, 15) is 4.79 Å². The van der Waals surface area contributed by atoms with Crippen LogP contribution in [0.1, 0.15) is 5.56 Å². The third kappa shape index (κ3) is 1.92. The van der Waals surface area contributed by atoms with Crippen molar-refractivity contribution in [3.8, 4) is 5.69 Å². The number of aromatic amines is 1. The van der Waals surface area contributed by atoms with Crippen molar-refractivity contribution in [1.82, 2.24) is 20.2 Å². The number of halogens is 1. The van der Waals surface area contributed by atoms with Gasteiger partial charge in [-0.3, -0.25) is 0 Å². The molecule has 0 saturated carbocycles. The van der Waals surface area contributed by atoms with Crippen LogP contribution in [0.5, 0.6) is 0 Å². The van der Waals surface area contributed by atoms with Crippen LogP contribution >= 0.6 is 27.7 Å². The maximum atomic E-state index is 11.4. The lowest BCUT2D eigenvalue weighted by Gasteiger charge is -2.09. The van der Waals surface area contributed by atoms with Gasteiger partial charge in [-0.1, -0.05) is 22.0 Å². The fraction of sp³-hybridized carbons (Fsp3) is 0.222. The zero-order chi connectivity index (χ0) is 11.5. The Balaban J connectivity index is 2.65. The number of H-pyrrole nitrogens is 1. The fourth-order valence-electron chi connectivity index (χ4n) is 1.43. The number of nitrogens with zero attached hydrogens (tertiary/aromatic N) is 3. The summed E-state index contributed by atoms with van der Waals surface area (Å²) in [4.78, 5) is 12.6. The van der Waals surface area contributed by atoms with Crippen molar-refractivity contribution < 1.29 is 0 Å². The number of aromatic nitrogens is 4. The van der Waals surface area contributed by atoms with Gasteiger partial charge in [0, 0.05) is 15.8 Å². The standard InChI is InChI=1S/C9H9BrN4OS/c1-16-8-4-2-3-7(6(8)5-10)14-9(15)11-12-13-14/h2-4H,5H2,1H3,(H,11,13,15). The summed E-state index contributed by atoms with van der Waals surface area (Å²) in [6.45, 7) is 0. The summed E-state index contributed by atoms with van der Waals surface area (Å²) in [5.74, 6) is 0. The van der Waals surface area contributed by atoms with Crippen LogP contribution in [-0.4, -0.2) is 26.5 Å². The van der Waals surface area contributed by atoms with Gasteiger partial charge in [0.15, 0.2) is 0 Å². The summed E-state index contributed by atoms with van der Waals surface area (Å²) in [7, 11) is 0. The molecule has 1 N–H and O–H groups in total. The van der Waals surface area contributed by atoms with Crippen molar-refractivity contribution in [2.75, 3.05) is 6.26 Å². The SMILES string of the molecule is CSc1cccc(-n2nn[nH]c2=O)c1CBr. The first-order valence-electron chi connectivity index (χ1n) is 4.50. The summed E-state index contributed by atoms with van der Waals surface area (Å²) >= 11 is 5.06. The molecule has 0 aliphatic carbocycles. The molecule has 0 aliphatic rings. The molecule has 2 rings (SSSR count). The second-order valence-electron chi connectivity index (χ2n) is 3.01. The van der Waals surface area contributed by atoms with Gasteiger partial charge in [0.25, 0.3) is 0 Å². The third-order valence-electron chi connectivity index (χ3n) is 2.16. The highest BCUT2D eigenvalue weighted by Crippen LogP contribution is 2.26. The fourth-order valence-corrected chi connectivity index (χ4v) is 2.85. The Morgan fingerprint density at radius 3 is 2.94 bits per heavy atom. The molecule has 0 amide bonds. The van der Waals surface area contributed by atoms with Crippen LogP contribution in [0.3, 0.4) is 0 Å². The van der Waals surface area contributed by atoms with Gasteiger partial charge < -0.3 is 0 Å². The van der Waals surface area contributed by atoms with E-state index in [-0.39, 0.29) is 5.69 Å². The Bertz CT molecular complexity index is 550. The monoisotopic (exact) mass is 300 g/mol. The quantitative estimate of drug-likeness (QED) is 0.690. The lowest BCUT2D eigenvalue weighted by Crippen LogP contribution is -2.17. The van der Waals surface area contributed by atoms with E-state index in [2.05, 4.69) is 31.5 Å². The lowest BCUT2D eigenvalue weighted by atomic mass is 10.2. The van der Waals surface area contributed by atoms with Gasteiger partial charge in [-0.05, 0) is 28.8 Å². The van der Waals surface area contributed by atoms with E-state index >= 15 is 0 Å². The smallest absolute Gasteiger partial charge is 0.244 e. The summed E-state index contributed by atoms with van der Waals surface area (Å²) in [5.41, 5.74) is 1.45. The molecule has 16 heavy (non-hydrogen) atoms. The van der Waals surface area contributed by atoms with Crippen molar-refractivity contribution >= 4 is 27.7 Å². The number of alkyl halides is 1. The number of hydrogen-bond donors (Lipinski definition) is 1. The van der Waals surface area contributed by atoms with Gasteiger partial charge in [0.1, 0.15) is 0 Å². The maximum absolute atomic E-state index is 11.4. The average Bonchev–Trinajstić information content (AvgIpc) is 2.74.